The summed E-state index contributed by atoms with van der Waals surface area (Å²) in [4.78, 5) is 28.8. The molecule has 0 radical (unpaired) electrons. The van der Waals surface area contributed by atoms with Gasteiger partial charge in [0.25, 0.3) is 5.91 Å². The lowest BCUT2D eigenvalue weighted by atomic mass is 10.2. The minimum atomic E-state index is -3.92. The molecule has 0 saturated heterocycles. The summed E-state index contributed by atoms with van der Waals surface area (Å²) in [6.45, 7) is 3.59. The van der Waals surface area contributed by atoms with E-state index in [1.807, 2.05) is 31.2 Å². The summed E-state index contributed by atoms with van der Waals surface area (Å²) >= 11 is 0. The number of hydrogen-bond acceptors (Lipinski definition) is 7. The molecule has 204 valence electrons. The lowest BCUT2D eigenvalue weighted by Crippen LogP contribution is -2.20. The molecule has 3 aromatic carbocycles. The number of pyridine rings is 1. The maximum absolute atomic E-state index is 12.4. The first-order valence-electron chi connectivity index (χ1n) is 11.9. The van der Waals surface area contributed by atoms with Gasteiger partial charge in [-0.2, -0.15) is 5.10 Å². The number of nitrogens with two attached hydrogens (primary N) is 1. The van der Waals surface area contributed by atoms with E-state index in [-0.39, 0.29) is 16.3 Å². The molecule has 0 aliphatic carbocycles. The molecule has 3 amide bonds. The van der Waals surface area contributed by atoms with Crippen LogP contribution in [0.4, 0.5) is 16.2 Å². The molecule has 0 unspecified atom stereocenters. The smallest absolute Gasteiger partial charge is 0.323 e. The first-order chi connectivity index (χ1) is 19.1. The third kappa shape index (κ3) is 7.72. The second-order valence-electron chi connectivity index (χ2n) is 8.72. The van der Waals surface area contributed by atoms with Crippen LogP contribution in [-0.2, 0) is 10.0 Å². The van der Waals surface area contributed by atoms with Crippen molar-refractivity contribution >= 4 is 39.6 Å². The second-order valence-corrected chi connectivity index (χ2v) is 10.2. The van der Waals surface area contributed by atoms with Crippen LogP contribution < -0.4 is 25.9 Å². The highest BCUT2D eigenvalue weighted by molar-refractivity contribution is 7.89. The number of ether oxygens (including phenoxy) is 1. The van der Waals surface area contributed by atoms with E-state index < -0.39 is 22.0 Å². The van der Waals surface area contributed by atoms with Crippen LogP contribution in [0.15, 0.2) is 95.1 Å². The van der Waals surface area contributed by atoms with Crippen molar-refractivity contribution in [3.63, 3.8) is 0 Å². The molecule has 0 spiro atoms. The number of aromatic nitrogens is 1. The molecular weight excluding hydrogens is 532 g/mol. The van der Waals surface area contributed by atoms with Gasteiger partial charge in [0, 0.05) is 23.6 Å². The van der Waals surface area contributed by atoms with Crippen LogP contribution in [0.25, 0.3) is 0 Å². The summed E-state index contributed by atoms with van der Waals surface area (Å²) in [7, 11) is -3.92. The molecule has 0 fully saturated rings. The number of rotatable bonds is 8. The van der Waals surface area contributed by atoms with Gasteiger partial charge in [0.15, 0.2) is 0 Å². The molecule has 0 aliphatic heterocycles. The quantitative estimate of drug-likeness (QED) is 0.183. The van der Waals surface area contributed by atoms with E-state index in [0.29, 0.717) is 22.7 Å². The molecule has 0 atom stereocenters. The number of hydrazone groups is 1. The highest BCUT2D eigenvalue weighted by Crippen LogP contribution is 2.24. The number of sulfonamides is 1. The van der Waals surface area contributed by atoms with Crippen molar-refractivity contribution in [2.75, 3.05) is 10.6 Å². The van der Waals surface area contributed by atoms with E-state index in [4.69, 9.17) is 9.88 Å². The van der Waals surface area contributed by atoms with Gasteiger partial charge >= 0.3 is 6.03 Å². The summed E-state index contributed by atoms with van der Waals surface area (Å²) in [5.41, 5.74) is 5.73. The van der Waals surface area contributed by atoms with E-state index in [1.165, 1.54) is 24.5 Å². The van der Waals surface area contributed by atoms with Gasteiger partial charge in [-0.15, -0.1) is 0 Å². The van der Waals surface area contributed by atoms with Crippen LogP contribution in [0.3, 0.4) is 0 Å². The molecule has 11 nitrogen and oxygen atoms in total. The topological polar surface area (TPSA) is 165 Å². The summed E-state index contributed by atoms with van der Waals surface area (Å²) in [6.07, 6.45) is 2.98. The van der Waals surface area contributed by atoms with Gasteiger partial charge < -0.3 is 15.4 Å². The van der Waals surface area contributed by atoms with Crippen molar-refractivity contribution in [1.29, 1.82) is 0 Å². The van der Waals surface area contributed by atoms with Gasteiger partial charge in [-0.3, -0.25) is 9.78 Å². The maximum atomic E-state index is 12.4. The zero-order valence-electron chi connectivity index (χ0n) is 21.6. The fourth-order valence-electron chi connectivity index (χ4n) is 3.49. The van der Waals surface area contributed by atoms with Crippen LogP contribution in [0.5, 0.6) is 11.5 Å². The molecule has 0 bridgehead atoms. The predicted octanol–water partition coefficient (Wildman–Crippen LogP) is 4.55. The molecule has 40 heavy (non-hydrogen) atoms. The number of carbonyl (C=O) groups excluding carboxylic acids is 2. The molecule has 12 heteroatoms. The predicted molar refractivity (Wildman–Crippen MR) is 152 cm³/mol. The summed E-state index contributed by atoms with van der Waals surface area (Å²) < 4.78 is 29.2. The van der Waals surface area contributed by atoms with E-state index in [0.717, 1.165) is 11.1 Å². The monoisotopic (exact) mass is 558 g/mol. The molecule has 0 saturated carbocycles. The van der Waals surface area contributed by atoms with Crippen molar-refractivity contribution in [1.82, 2.24) is 10.4 Å². The number of hydrogen-bond donors (Lipinski definition) is 4. The zero-order valence-corrected chi connectivity index (χ0v) is 22.4. The van der Waals surface area contributed by atoms with Crippen LogP contribution in [0.2, 0.25) is 0 Å². The van der Waals surface area contributed by atoms with Crippen molar-refractivity contribution in [3.05, 3.63) is 107 Å². The van der Waals surface area contributed by atoms with Gasteiger partial charge in [0.2, 0.25) is 10.0 Å². The van der Waals surface area contributed by atoms with Crippen molar-refractivity contribution < 1.29 is 22.7 Å². The normalized spacial score (nSPS) is 11.2. The van der Waals surface area contributed by atoms with E-state index in [2.05, 4.69) is 26.1 Å². The number of benzene rings is 3. The minimum Gasteiger partial charge on any atom is -0.457 e. The Balaban J connectivity index is 1.33. The van der Waals surface area contributed by atoms with Gasteiger partial charge in [0.05, 0.1) is 11.1 Å². The third-order valence-electron chi connectivity index (χ3n) is 5.52. The number of primary sulfonamides is 1. The first-order valence-corrected chi connectivity index (χ1v) is 13.5. The van der Waals surface area contributed by atoms with Crippen LogP contribution in [0, 0.1) is 13.8 Å². The fourth-order valence-corrected chi connectivity index (χ4v) is 4.30. The molecular formula is C28H26N6O5S. The zero-order chi connectivity index (χ0) is 28.7. The summed E-state index contributed by atoms with van der Waals surface area (Å²) in [5.74, 6) is 0.340. The van der Waals surface area contributed by atoms with Gasteiger partial charge in [-0.25, -0.2) is 23.8 Å². The molecule has 1 heterocycles. The van der Waals surface area contributed by atoms with Gasteiger partial charge in [-0.1, -0.05) is 35.9 Å². The van der Waals surface area contributed by atoms with E-state index in [9.17, 15) is 18.0 Å². The van der Waals surface area contributed by atoms with Crippen LogP contribution >= 0.6 is 0 Å². The van der Waals surface area contributed by atoms with Gasteiger partial charge in [0.1, 0.15) is 17.2 Å². The standard InChI is InChI=1S/C28H26N6O5S/c1-18-3-6-20(7-4-18)17-31-34-27(35)25-16-24(13-14-30-25)39-23-11-9-21(10-12-23)32-28(36)33-22-8-5-19(2)26(15-22)40(29,37)38/h3-17H,1-2H3,(H,34,35)(H2,29,37,38)(H2,32,33,36)/b31-17+. The Labute approximate surface area is 231 Å². The average Bonchev–Trinajstić information content (AvgIpc) is 2.91. The number of amides is 3. The Kier molecular flexibility index (Phi) is 8.52. The Morgan fingerprint density at radius 3 is 2.25 bits per heavy atom. The number of urea groups is 1. The Morgan fingerprint density at radius 2 is 1.55 bits per heavy atom. The van der Waals surface area contributed by atoms with Crippen LogP contribution in [0.1, 0.15) is 27.2 Å². The number of nitrogens with one attached hydrogen (secondary N) is 3. The Hall–Kier alpha value is -5.07. The maximum Gasteiger partial charge on any atom is 0.323 e. The summed E-state index contributed by atoms with van der Waals surface area (Å²) in [6, 6.07) is 21.1. The average molecular weight is 559 g/mol. The third-order valence-corrected chi connectivity index (χ3v) is 6.57. The molecule has 4 aromatic rings. The highest BCUT2D eigenvalue weighted by atomic mass is 32.2. The molecule has 1 aromatic heterocycles. The number of carbonyl (C=O) groups is 2. The fraction of sp³-hybridized carbons (Fsp3) is 0.0714. The Bertz CT molecular complexity index is 1670. The van der Waals surface area contributed by atoms with Crippen LogP contribution in [-0.4, -0.2) is 31.6 Å². The van der Waals surface area contributed by atoms with E-state index >= 15 is 0 Å². The molecule has 4 rings (SSSR count). The second kappa shape index (κ2) is 12.2. The number of aryl methyl sites for hydroxylation is 2. The molecule has 5 N–H and O–H groups in total. The SMILES string of the molecule is Cc1ccc(/C=N/NC(=O)c2cc(Oc3ccc(NC(=O)Nc4ccc(C)c(S(N)(=O)=O)c4)cc3)ccn2)cc1. The Morgan fingerprint density at radius 1 is 0.875 bits per heavy atom. The van der Waals surface area contributed by atoms with E-state index in [1.54, 1.807) is 49.4 Å². The van der Waals surface area contributed by atoms with Gasteiger partial charge in [-0.05, 0) is 67.4 Å². The van der Waals surface area contributed by atoms with Crippen molar-refractivity contribution in [2.24, 2.45) is 10.2 Å². The number of nitrogens with zero attached hydrogens (tertiary/aromatic N) is 2. The largest absolute Gasteiger partial charge is 0.457 e. The highest BCUT2D eigenvalue weighted by Gasteiger charge is 2.13. The first kappa shape index (κ1) is 28.0. The van der Waals surface area contributed by atoms with Crippen molar-refractivity contribution in [2.45, 2.75) is 18.7 Å². The minimum absolute atomic E-state index is 0.0708. The number of anilines is 2. The lowest BCUT2D eigenvalue weighted by Gasteiger charge is -2.11. The lowest BCUT2D eigenvalue weighted by molar-refractivity contribution is 0.0949. The summed E-state index contributed by atoms with van der Waals surface area (Å²) in [5, 5.41) is 14.4. The molecule has 0 aliphatic rings. The van der Waals surface area contributed by atoms with Crippen molar-refractivity contribution in [3.8, 4) is 11.5 Å².